The van der Waals surface area contributed by atoms with Crippen molar-refractivity contribution >= 4 is 17.9 Å². The fourth-order valence-electron chi connectivity index (χ4n) is 1.25. The number of nitrogens with zero attached hydrogens (tertiary/aromatic N) is 1. The summed E-state index contributed by atoms with van der Waals surface area (Å²) >= 11 is 0. The van der Waals surface area contributed by atoms with E-state index in [1.54, 1.807) is 20.8 Å². The lowest BCUT2D eigenvalue weighted by Gasteiger charge is -2.24. The van der Waals surface area contributed by atoms with Crippen LogP contribution in [-0.4, -0.2) is 47.0 Å². The van der Waals surface area contributed by atoms with E-state index in [9.17, 15) is 14.4 Å². The number of hydrogen-bond acceptors (Lipinski definition) is 3. The van der Waals surface area contributed by atoms with E-state index >= 15 is 0 Å². The third-order valence-electron chi connectivity index (χ3n) is 2.23. The molecule has 17 heavy (non-hydrogen) atoms. The van der Waals surface area contributed by atoms with E-state index in [2.05, 4.69) is 5.32 Å². The van der Waals surface area contributed by atoms with Crippen LogP contribution in [0, 0.1) is 5.92 Å². The number of carboxylic acid groups (broad SMARTS) is 1. The number of urea groups is 1. The molecule has 1 atom stereocenters. The number of aliphatic carboxylic acids is 1. The minimum atomic E-state index is -1.11. The number of amides is 3. The summed E-state index contributed by atoms with van der Waals surface area (Å²) in [4.78, 5) is 34.4. The van der Waals surface area contributed by atoms with Crippen molar-refractivity contribution in [2.75, 3.05) is 13.1 Å². The van der Waals surface area contributed by atoms with Crippen molar-refractivity contribution in [3.63, 3.8) is 0 Å². The Kier molecular flexibility index (Phi) is 6.01. The van der Waals surface area contributed by atoms with Gasteiger partial charge in [0.1, 0.15) is 12.6 Å². The Labute approximate surface area is 100.0 Å². The molecule has 0 aliphatic heterocycles. The number of nitrogens with one attached hydrogen (secondary N) is 1. The summed E-state index contributed by atoms with van der Waals surface area (Å²) < 4.78 is 0. The van der Waals surface area contributed by atoms with E-state index in [4.69, 9.17) is 10.8 Å². The van der Waals surface area contributed by atoms with Crippen LogP contribution in [0.15, 0.2) is 0 Å². The van der Waals surface area contributed by atoms with Gasteiger partial charge in [-0.15, -0.1) is 0 Å². The van der Waals surface area contributed by atoms with Gasteiger partial charge in [-0.05, 0) is 12.8 Å². The predicted molar refractivity (Wildman–Crippen MR) is 61.2 cm³/mol. The molecule has 1 unspecified atom stereocenters. The zero-order valence-electron chi connectivity index (χ0n) is 10.3. The summed E-state index contributed by atoms with van der Waals surface area (Å²) in [6, 6.07) is -1.59. The van der Waals surface area contributed by atoms with Crippen LogP contribution in [0.2, 0.25) is 0 Å². The second kappa shape index (κ2) is 6.72. The van der Waals surface area contributed by atoms with Crippen LogP contribution in [0.5, 0.6) is 0 Å². The molecule has 0 aromatic heterocycles. The smallest absolute Gasteiger partial charge is 0.326 e. The first-order chi connectivity index (χ1) is 7.79. The topological polar surface area (TPSA) is 113 Å². The number of nitrogens with two attached hydrogens (primary N) is 1. The lowest BCUT2D eigenvalue weighted by molar-refractivity contribution is -0.140. The number of likely N-dealkylation sites (N-methyl/N-ethyl adjacent to an activating group) is 1. The van der Waals surface area contributed by atoms with Gasteiger partial charge in [-0.1, -0.05) is 13.8 Å². The third-order valence-corrected chi connectivity index (χ3v) is 2.23. The van der Waals surface area contributed by atoms with Gasteiger partial charge in [0.2, 0.25) is 5.91 Å². The maximum atomic E-state index is 11.7. The quantitative estimate of drug-likeness (QED) is 0.591. The molecule has 0 aliphatic carbocycles. The molecular weight excluding hydrogens is 226 g/mol. The second-order valence-corrected chi connectivity index (χ2v) is 3.99. The molecular formula is C10H19N3O4. The second-order valence-electron chi connectivity index (χ2n) is 3.99. The first-order valence-electron chi connectivity index (χ1n) is 5.36. The number of hydrogen-bond donors (Lipinski definition) is 3. The van der Waals surface area contributed by atoms with Crippen LogP contribution in [0.25, 0.3) is 0 Å². The Balaban J connectivity index is 4.57. The standard InChI is InChI=1S/C10H19N3O4/c1-4-13(5-7(11)14)10(17)12-8(6(2)3)9(15)16/h6,8H,4-5H2,1-3H3,(H2,11,14)(H,12,17)(H,15,16). The Morgan fingerprint density at radius 1 is 1.35 bits per heavy atom. The van der Waals surface area contributed by atoms with Crippen LogP contribution in [-0.2, 0) is 9.59 Å². The maximum absolute atomic E-state index is 11.7. The van der Waals surface area contributed by atoms with Gasteiger partial charge in [0.05, 0.1) is 0 Å². The van der Waals surface area contributed by atoms with Crippen molar-refractivity contribution in [2.24, 2.45) is 11.7 Å². The monoisotopic (exact) mass is 245 g/mol. The summed E-state index contributed by atoms with van der Waals surface area (Å²) in [5.74, 6) is -1.99. The van der Waals surface area contributed by atoms with Crippen molar-refractivity contribution < 1.29 is 19.5 Å². The number of rotatable bonds is 6. The van der Waals surface area contributed by atoms with E-state index in [1.807, 2.05) is 0 Å². The van der Waals surface area contributed by atoms with Crippen molar-refractivity contribution in [1.29, 1.82) is 0 Å². The maximum Gasteiger partial charge on any atom is 0.326 e. The molecule has 0 aliphatic rings. The molecule has 0 fully saturated rings. The Bertz CT molecular complexity index is 304. The summed E-state index contributed by atoms with van der Waals surface area (Å²) in [5.41, 5.74) is 4.98. The van der Waals surface area contributed by atoms with Gasteiger partial charge >= 0.3 is 12.0 Å². The highest BCUT2D eigenvalue weighted by Gasteiger charge is 2.25. The van der Waals surface area contributed by atoms with Gasteiger partial charge in [-0.2, -0.15) is 0 Å². The molecule has 0 saturated heterocycles. The molecule has 0 aromatic carbocycles. The van der Waals surface area contributed by atoms with Gasteiger partial charge in [0.25, 0.3) is 0 Å². The molecule has 0 saturated carbocycles. The average molecular weight is 245 g/mol. The predicted octanol–water partition coefficient (Wildman–Crippen LogP) is -0.388. The molecule has 0 rings (SSSR count). The lowest BCUT2D eigenvalue weighted by atomic mass is 10.1. The minimum absolute atomic E-state index is 0.229. The molecule has 7 heteroatoms. The van der Waals surface area contributed by atoms with E-state index in [1.165, 1.54) is 0 Å². The SMILES string of the molecule is CCN(CC(N)=O)C(=O)NC(C(=O)O)C(C)C. The van der Waals surface area contributed by atoms with Gasteiger partial charge in [-0.3, -0.25) is 4.79 Å². The van der Waals surface area contributed by atoms with E-state index in [0.717, 1.165) is 4.90 Å². The molecule has 4 N–H and O–H groups in total. The molecule has 0 bridgehead atoms. The number of carbonyl (C=O) groups excluding carboxylic acids is 2. The number of carbonyl (C=O) groups is 3. The highest BCUT2D eigenvalue weighted by atomic mass is 16.4. The number of carboxylic acids is 1. The van der Waals surface area contributed by atoms with E-state index in [-0.39, 0.29) is 19.0 Å². The Morgan fingerprint density at radius 2 is 1.88 bits per heavy atom. The average Bonchev–Trinajstić information content (AvgIpc) is 2.20. The first-order valence-corrected chi connectivity index (χ1v) is 5.36. The molecule has 0 heterocycles. The normalized spacial score (nSPS) is 12.0. The zero-order valence-corrected chi connectivity index (χ0v) is 10.3. The van der Waals surface area contributed by atoms with Gasteiger partial charge in [0, 0.05) is 6.54 Å². The minimum Gasteiger partial charge on any atom is -0.480 e. The summed E-state index contributed by atoms with van der Waals surface area (Å²) in [6.07, 6.45) is 0. The van der Waals surface area contributed by atoms with Crippen molar-refractivity contribution in [2.45, 2.75) is 26.8 Å². The lowest BCUT2D eigenvalue weighted by Crippen LogP contribution is -2.51. The summed E-state index contributed by atoms with van der Waals surface area (Å²) in [6.45, 7) is 5.09. The molecule has 3 amide bonds. The fourth-order valence-corrected chi connectivity index (χ4v) is 1.25. The third kappa shape index (κ3) is 5.19. The molecule has 7 nitrogen and oxygen atoms in total. The molecule has 0 aromatic rings. The first kappa shape index (κ1) is 15.2. The molecule has 0 radical (unpaired) electrons. The largest absolute Gasteiger partial charge is 0.480 e. The van der Waals surface area contributed by atoms with Gasteiger partial charge in [0.15, 0.2) is 0 Å². The fraction of sp³-hybridized carbons (Fsp3) is 0.700. The number of primary amides is 1. The highest BCUT2D eigenvalue weighted by Crippen LogP contribution is 2.02. The molecule has 0 spiro atoms. The van der Waals surface area contributed by atoms with Crippen LogP contribution in [0.1, 0.15) is 20.8 Å². The van der Waals surface area contributed by atoms with E-state index < -0.39 is 23.9 Å². The highest BCUT2D eigenvalue weighted by molar-refractivity contribution is 5.86. The zero-order chi connectivity index (χ0) is 13.6. The molecule has 98 valence electrons. The van der Waals surface area contributed by atoms with E-state index in [0.29, 0.717) is 0 Å². The van der Waals surface area contributed by atoms with Crippen LogP contribution in [0.3, 0.4) is 0 Å². The van der Waals surface area contributed by atoms with Crippen molar-refractivity contribution in [3.8, 4) is 0 Å². The summed E-state index contributed by atoms with van der Waals surface area (Å²) in [7, 11) is 0. The van der Waals surface area contributed by atoms with Gasteiger partial charge in [-0.25, -0.2) is 9.59 Å². The van der Waals surface area contributed by atoms with Gasteiger partial charge < -0.3 is 21.1 Å². The Morgan fingerprint density at radius 3 is 2.18 bits per heavy atom. The summed E-state index contributed by atoms with van der Waals surface area (Å²) in [5, 5.41) is 11.3. The van der Waals surface area contributed by atoms with Crippen LogP contribution < -0.4 is 11.1 Å². The van der Waals surface area contributed by atoms with Crippen molar-refractivity contribution in [1.82, 2.24) is 10.2 Å². The Hall–Kier alpha value is -1.79. The van der Waals surface area contributed by atoms with Crippen molar-refractivity contribution in [3.05, 3.63) is 0 Å². The van der Waals surface area contributed by atoms with Crippen LogP contribution in [0.4, 0.5) is 4.79 Å². The van der Waals surface area contributed by atoms with Crippen LogP contribution >= 0.6 is 0 Å².